The van der Waals surface area contributed by atoms with E-state index >= 15 is 0 Å². The fourth-order valence-electron chi connectivity index (χ4n) is 2.62. The molecule has 2 rings (SSSR count). The summed E-state index contributed by atoms with van der Waals surface area (Å²) >= 11 is 3.28. The normalized spacial score (nSPS) is 26.1. The van der Waals surface area contributed by atoms with E-state index in [0.717, 1.165) is 36.0 Å². The molecular formula is C13H18BrFN2. The van der Waals surface area contributed by atoms with Gasteiger partial charge in [-0.3, -0.25) is 4.90 Å². The molecule has 1 heterocycles. The largest absolute Gasteiger partial charge is 0.326 e. The van der Waals surface area contributed by atoms with Crippen LogP contribution >= 0.6 is 15.9 Å². The Kier molecular flexibility index (Phi) is 4.17. The highest BCUT2D eigenvalue weighted by atomic mass is 79.9. The van der Waals surface area contributed by atoms with E-state index in [9.17, 15) is 4.39 Å². The van der Waals surface area contributed by atoms with E-state index in [1.165, 1.54) is 6.07 Å². The Labute approximate surface area is 110 Å². The van der Waals surface area contributed by atoms with Gasteiger partial charge in [0.25, 0.3) is 0 Å². The zero-order valence-corrected chi connectivity index (χ0v) is 11.6. The number of nitrogens with two attached hydrogens (primary N) is 1. The van der Waals surface area contributed by atoms with Crippen LogP contribution in [0.4, 0.5) is 4.39 Å². The van der Waals surface area contributed by atoms with Crippen molar-refractivity contribution in [1.29, 1.82) is 0 Å². The Morgan fingerprint density at radius 3 is 2.94 bits per heavy atom. The molecule has 1 fully saturated rings. The van der Waals surface area contributed by atoms with Gasteiger partial charge >= 0.3 is 0 Å². The van der Waals surface area contributed by atoms with Crippen molar-refractivity contribution in [3.8, 4) is 0 Å². The molecule has 0 aromatic heterocycles. The number of piperidine rings is 1. The zero-order chi connectivity index (χ0) is 12.4. The molecule has 0 aliphatic carbocycles. The number of likely N-dealkylation sites (tertiary alicyclic amines) is 1. The van der Waals surface area contributed by atoms with Crippen molar-refractivity contribution in [1.82, 2.24) is 4.90 Å². The quantitative estimate of drug-likeness (QED) is 0.909. The number of likely N-dealkylation sites (N-methyl/N-ethyl adjacent to an activating group) is 1. The second-order valence-corrected chi connectivity index (χ2v) is 5.46. The molecular weight excluding hydrogens is 283 g/mol. The van der Waals surface area contributed by atoms with Gasteiger partial charge in [-0.1, -0.05) is 28.9 Å². The first-order chi connectivity index (χ1) is 8.13. The third kappa shape index (κ3) is 2.69. The fourth-order valence-corrected chi connectivity index (χ4v) is 2.95. The molecule has 4 heteroatoms. The zero-order valence-electron chi connectivity index (χ0n) is 10.00. The standard InChI is InChI=1S/C13H18BrFN2/c1-2-17-7-3-4-12(16)13(17)10-6-5-9(14)8-11(10)15/h5-6,8,12-13H,2-4,7,16H2,1H3. The topological polar surface area (TPSA) is 29.3 Å². The minimum absolute atomic E-state index is 0.0156. The lowest BCUT2D eigenvalue weighted by Gasteiger charge is -2.39. The van der Waals surface area contributed by atoms with Crippen molar-refractivity contribution in [3.63, 3.8) is 0 Å². The van der Waals surface area contributed by atoms with E-state index in [-0.39, 0.29) is 17.9 Å². The van der Waals surface area contributed by atoms with Gasteiger partial charge in [-0.25, -0.2) is 4.39 Å². The maximum atomic E-state index is 14.0. The second kappa shape index (κ2) is 5.46. The SMILES string of the molecule is CCN1CCCC(N)C1c1ccc(Br)cc1F. The van der Waals surface area contributed by atoms with Crippen molar-refractivity contribution in [2.45, 2.75) is 31.8 Å². The van der Waals surface area contributed by atoms with Crippen LogP contribution in [0.15, 0.2) is 22.7 Å². The maximum Gasteiger partial charge on any atom is 0.129 e. The minimum atomic E-state index is -0.167. The van der Waals surface area contributed by atoms with Crippen molar-refractivity contribution in [3.05, 3.63) is 34.1 Å². The molecule has 1 aliphatic rings. The highest BCUT2D eigenvalue weighted by Crippen LogP contribution is 2.32. The summed E-state index contributed by atoms with van der Waals surface area (Å²) in [5.74, 6) is -0.167. The second-order valence-electron chi connectivity index (χ2n) is 4.55. The first kappa shape index (κ1) is 13.0. The van der Waals surface area contributed by atoms with Crippen LogP contribution < -0.4 is 5.73 Å². The summed E-state index contributed by atoms with van der Waals surface area (Å²) in [6.45, 7) is 4.01. The summed E-state index contributed by atoms with van der Waals surface area (Å²) in [5, 5.41) is 0. The van der Waals surface area contributed by atoms with E-state index in [0.29, 0.717) is 0 Å². The molecule has 0 bridgehead atoms. The summed E-state index contributed by atoms with van der Waals surface area (Å²) in [6, 6.07) is 5.29. The smallest absolute Gasteiger partial charge is 0.129 e. The maximum absolute atomic E-state index is 14.0. The lowest BCUT2D eigenvalue weighted by Crippen LogP contribution is -2.46. The molecule has 0 amide bonds. The van der Waals surface area contributed by atoms with E-state index in [4.69, 9.17) is 5.73 Å². The number of benzene rings is 1. The summed E-state index contributed by atoms with van der Waals surface area (Å²) < 4.78 is 14.8. The molecule has 94 valence electrons. The highest BCUT2D eigenvalue weighted by molar-refractivity contribution is 9.10. The highest BCUT2D eigenvalue weighted by Gasteiger charge is 2.31. The Balaban J connectivity index is 2.34. The van der Waals surface area contributed by atoms with Gasteiger partial charge in [0.05, 0.1) is 6.04 Å². The average molecular weight is 301 g/mol. The number of halogens is 2. The summed E-state index contributed by atoms with van der Waals surface area (Å²) in [4.78, 5) is 2.26. The van der Waals surface area contributed by atoms with Gasteiger partial charge in [0, 0.05) is 16.1 Å². The van der Waals surface area contributed by atoms with E-state index in [1.54, 1.807) is 0 Å². The summed E-state index contributed by atoms with van der Waals surface area (Å²) in [7, 11) is 0. The van der Waals surface area contributed by atoms with Crippen LogP contribution in [-0.2, 0) is 0 Å². The van der Waals surface area contributed by atoms with Gasteiger partial charge in [0.1, 0.15) is 5.82 Å². The van der Waals surface area contributed by atoms with Crippen LogP contribution in [0.5, 0.6) is 0 Å². The number of hydrogen-bond donors (Lipinski definition) is 1. The Morgan fingerprint density at radius 2 is 2.29 bits per heavy atom. The average Bonchev–Trinajstić information content (AvgIpc) is 2.30. The Hall–Kier alpha value is -0.450. The number of nitrogens with zero attached hydrogens (tertiary/aromatic N) is 1. The van der Waals surface area contributed by atoms with Crippen LogP contribution in [-0.4, -0.2) is 24.0 Å². The summed E-state index contributed by atoms with van der Waals surface area (Å²) in [6.07, 6.45) is 2.07. The van der Waals surface area contributed by atoms with Crippen LogP contribution in [0.3, 0.4) is 0 Å². The molecule has 0 radical (unpaired) electrons. The third-order valence-electron chi connectivity index (χ3n) is 3.47. The van der Waals surface area contributed by atoms with E-state index < -0.39 is 0 Å². The molecule has 2 unspecified atom stereocenters. The van der Waals surface area contributed by atoms with Crippen molar-refractivity contribution < 1.29 is 4.39 Å². The molecule has 2 N–H and O–H groups in total. The van der Waals surface area contributed by atoms with Gasteiger partial charge in [0.15, 0.2) is 0 Å². The molecule has 0 saturated carbocycles. The molecule has 0 spiro atoms. The van der Waals surface area contributed by atoms with Crippen LogP contribution in [0.25, 0.3) is 0 Å². The van der Waals surface area contributed by atoms with E-state index in [2.05, 4.69) is 27.8 Å². The third-order valence-corrected chi connectivity index (χ3v) is 3.96. The molecule has 2 atom stereocenters. The van der Waals surface area contributed by atoms with Crippen molar-refractivity contribution in [2.24, 2.45) is 5.73 Å². The first-order valence-electron chi connectivity index (χ1n) is 6.08. The predicted molar refractivity (Wildman–Crippen MR) is 71.3 cm³/mol. The summed E-state index contributed by atoms with van der Waals surface area (Å²) in [5.41, 5.74) is 6.89. The van der Waals surface area contributed by atoms with Crippen LogP contribution in [0.2, 0.25) is 0 Å². The van der Waals surface area contributed by atoms with Crippen molar-refractivity contribution in [2.75, 3.05) is 13.1 Å². The number of hydrogen-bond acceptors (Lipinski definition) is 2. The van der Waals surface area contributed by atoms with Gasteiger partial charge in [-0.15, -0.1) is 0 Å². The Bertz CT molecular complexity index is 397. The molecule has 2 nitrogen and oxygen atoms in total. The molecule has 1 aromatic rings. The van der Waals surface area contributed by atoms with E-state index in [1.807, 2.05) is 12.1 Å². The van der Waals surface area contributed by atoms with Gasteiger partial charge < -0.3 is 5.73 Å². The lowest BCUT2D eigenvalue weighted by atomic mass is 9.90. The molecule has 1 aromatic carbocycles. The molecule has 1 aliphatic heterocycles. The predicted octanol–water partition coefficient (Wildman–Crippen LogP) is 3.07. The van der Waals surface area contributed by atoms with Gasteiger partial charge in [-0.2, -0.15) is 0 Å². The van der Waals surface area contributed by atoms with Gasteiger partial charge in [-0.05, 0) is 38.1 Å². The molecule has 1 saturated heterocycles. The van der Waals surface area contributed by atoms with Crippen molar-refractivity contribution >= 4 is 15.9 Å². The van der Waals surface area contributed by atoms with Gasteiger partial charge in [0.2, 0.25) is 0 Å². The first-order valence-corrected chi connectivity index (χ1v) is 6.87. The minimum Gasteiger partial charge on any atom is -0.326 e. The van der Waals surface area contributed by atoms with Crippen LogP contribution in [0.1, 0.15) is 31.4 Å². The lowest BCUT2D eigenvalue weighted by molar-refractivity contribution is 0.133. The van der Waals surface area contributed by atoms with Crippen LogP contribution in [0, 0.1) is 5.82 Å². The number of rotatable bonds is 2. The monoisotopic (exact) mass is 300 g/mol. The molecule has 17 heavy (non-hydrogen) atoms. The Morgan fingerprint density at radius 1 is 1.53 bits per heavy atom. The fraction of sp³-hybridized carbons (Fsp3) is 0.538.